The third-order valence-electron chi connectivity index (χ3n) is 0. The van der Waals surface area contributed by atoms with Gasteiger partial charge in [0.15, 0.2) is 0 Å². The molecule has 0 spiro atoms. The van der Waals surface area contributed by atoms with Crippen molar-refractivity contribution < 1.29 is 92.4 Å². The molecule has 0 aliphatic rings. The maximum atomic E-state index is 0. The van der Waals surface area contributed by atoms with Crippen LogP contribution in [0.3, 0.4) is 0 Å². The van der Waals surface area contributed by atoms with Gasteiger partial charge in [-0.25, -0.2) is 0 Å². The average molecular weight is 207 g/mol. The summed E-state index contributed by atoms with van der Waals surface area (Å²) in [6, 6.07) is 0. The molecule has 0 atom stereocenters. The van der Waals surface area contributed by atoms with Gasteiger partial charge in [0, 0.05) is 34.1 Å². The Bertz CT molecular complexity index is 15.5. The van der Waals surface area contributed by atoms with Crippen LogP contribution in [0.25, 0.3) is 0 Å². The molecule has 0 bridgehead atoms. The molecule has 0 fully saturated rings. The number of hydrogen-bond donors (Lipinski definition) is 0. The van der Waals surface area contributed by atoms with Crippen LogP contribution in [0.5, 0.6) is 0 Å². The van der Waals surface area contributed by atoms with Crippen LogP contribution in [0.15, 0.2) is 0 Å². The summed E-state index contributed by atoms with van der Waals surface area (Å²) in [7, 11) is 0. The summed E-state index contributed by atoms with van der Waals surface area (Å²) in [6.45, 7) is 0. The van der Waals surface area contributed by atoms with Crippen LogP contribution in [0, 0.1) is 0 Å². The van der Waals surface area contributed by atoms with E-state index in [-0.39, 0.29) is 130 Å². The normalized spacial score (nSPS) is 0. The van der Waals surface area contributed by atoms with Crippen molar-refractivity contribution in [2.75, 3.05) is 0 Å². The second-order valence-corrected chi connectivity index (χ2v) is 0. The van der Waals surface area contributed by atoms with Gasteiger partial charge in [-0.05, 0) is 0 Å². The molecule has 1 nitrogen and oxygen atoms in total. The van der Waals surface area contributed by atoms with Crippen molar-refractivity contribution in [3.05, 3.63) is 0 Å². The minimum atomic E-state index is 0. The summed E-state index contributed by atoms with van der Waals surface area (Å²) in [6.07, 6.45) is 0. The van der Waals surface area contributed by atoms with Crippen LogP contribution in [0.4, 0.5) is 0 Å². The van der Waals surface area contributed by atoms with E-state index in [4.69, 9.17) is 0 Å². The van der Waals surface area contributed by atoms with Gasteiger partial charge in [-0.3, -0.25) is 0 Å². The van der Waals surface area contributed by atoms with Crippen molar-refractivity contribution in [3.63, 3.8) is 0 Å². The first kappa shape index (κ1) is 36.5. The predicted molar refractivity (Wildman–Crippen MR) is 7.55 cm³/mol. The monoisotopic (exact) mass is 207 g/mol. The summed E-state index contributed by atoms with van der Waals surface area (Å²) in [5.41, 5.74) is 0. The van der Waals surface area contributed by atoms with E-state index in [1.54, 1.807) is 0 Å². The molecule has 0 aromatic rings. The number of hydrogen-bond acceptors (Lipinski definition) is 0. The Morgan fingerprint density at radius 2 is 1.20 bits per heavy atom. The van der Waals surface area contributed by atoms with Crippen molar-refractivity contribution in [3.8, 4) is 0 Å². The second-order valence-electron chi connectivity index (χ2n) is 0. The summed E-state index contributed by atoms with van der Waals surface area (Å²) < 4.78 is 0. The van der Waals surface area contributed by atoms with Gasteiger partial charge >= 0.3 is 89.1 Å². The Morgan fingerprint density at radius 1 is 1.20 bits per heavy atom. The van der Waals surface area contributed by atoms with Gasteiger partial charge < -0.3 is 6.90 Å². The minimum Gasteiger partial charge on any atom is -2.00 e. The zero-order valence-corrected chi connectivity index (χ0v) is 10.5. The topological polar surface area (TPSA) is 28.5 Å². The molecule has 5 heavy (non-hydrogen) atoms. The van der Waals surface area contributed by atoms with Crippen LogP contribution in [-0.2, 0) is 39.6 Å². The Morgan fingerprint density at radius 3 is 1.20 bits per heavy atom. The Labute approximate surface area is 127 Å². The van der Waals surface area contributed by atoms with Crippen molar-refractivity contribution in [2.45, 2.75) is 0 Å². The smallest absolute Gasteiger partial charge is 2.00 e. The van der Waals surface area contributed by atoms with Crippen LogP contribution in [0.1, 0.15) is 1.43 Å². The molecule has 5 heteroatoms. The first-order valence-corrected chi connectivity index (χ1v) is 0. The van der Waals surface area contributed by atoms with Crippen LogP contribution >= 0.6 is 0 Å². The van der Waals surface area contributed by atoms with E-state index < -0.39 is 0 Å². The van der Waals surface area contributed by atoms with Crippen LogP contribution < -0.4 is 51.4 Å². The molecule has 0 N–H and O–H groups in total. The van der Waals surface area contributed by atoms with Gasteiger partial charge in [-0.1, -0.05) is 0 Å². The van der Waals surface area contributed by atoms with Crippen molar-refractivity contribution in [1.82, 2.24) is 0 Å². The molecule has 0 aromatic heterocycles. The Balaban J connectivity index is 0. The fraction of sp³-hybridized carbons (Fsp3) is 0. The largest absolute Gasteiger partial charge is 2.00 e. The fourth-order valence-corrected chi connectivity index (χ4v) is 0. The van der Waals surface area contributed by atoms with Gasteiger partial charge in [-0.15, -0.1) is 0 Å². The zero-order valence-electron chi connectivity index (χ0n) is 3.85. The maximum Gasteiger partial charge on any atom is 2.00 e. The molecule has 25 valence electrons. The van der Waals surface area contributed by atoms with Gasteiger partial charge in [0.25, 0.3) is 0 Å². The van der Waals surface area contributed by atoms with E-state index in [2.05, 4.69) is 0 Å². The Hall–Kier alpha value is 3.90. The zero-order chi connectivity index (χ0) is 0. The molecule has 0 saturated heterocycles. The third-order valence-corrected chi connectivity index (χ3v) is 0. The van der Waals surface area contributed by atoms with E-state index >= 15 is 0 Å². The number of rotatable bonds is 0. The summed E-state index contributed by atoms with van der Waals surface area (Å²) in [5.74, 6) is 0. The fourth-order valence-electron chi connectivity index (χ4n) is 0. The first-order chi connectivity index (χ1) is 0. The first-order valence-electron chi connectivity index (χ1n) is 0. The molecule has 0 amide bonds. The molecule has 0 saturated carbocycles. The summed E-state index contributed by atoms with van der Waals surface area (Å²) >= 11 is 0. The van der Waals surface area contributed by atoms with Crippen LogP contribution in [0.2, 0.25) is 0 Å². The standard InChI is InChI=1S/Ca.Fe.K.Mn.O.H/q+2;;+1;;-2;-1. The molecule has 0 aromatic carbocycles. The molecule has 0 unspecified atom stereocenters. The average Bonchev–Trinajstić information content (AvgIpc) is 0. The van der Waals surface area contributed by atoms with Gasteiger partial charge in [0.2, 0.25) is 0 Å². The molecule has 0 aliphatic heterocycles. The minimum absolute atomic E-state index is 0. The predicted octanol–water partition coefficient (Wildman–Crippen LogP) is -3.39. The molecular weight excluding hydrogens is 206 g/mol. The van der Waals surface area contributed by atoms with Crippen LogP contribution in [-0.4, -0.2) is 37.7 Å². The van der Waals surface area contributed by atoms with E-state index in [9.17, 15) is 0 Å². The van der Waals surface area contributed by atoms with Gasteiger partial charge in [-0.2, -0.15) is 0 Å². The SMILES string of the molecule is [Ca+2].[Fe].[H-].[K+].[Mn].[O-2]. The summed E-state index contributed by atoms with van der Waals surface area (Å²) in [5, 5.41) is 0. The van der Waals surface area contributed by atoms with Gasteiger partial charge in [0.05, 0.1) is 0 Å². The molecular formula is HCaFeKMnO. The second kappa shape index (κ2) is 24.7. The van der Waals surface area contributed by atoms with Crippen molar-refractivity contribution >= 4 is 37.7 Å². The molecule has 0 rings (SSSR count). The van der Waals surface area contributed by atoms with E-state index in [0.29, 0.717) is 0 Å². The molecule has 0 aliphatic carbocycles. The quantitative estimate of drug-likeness (QED) is 0.371. The van der Waals surface area contributed by atoms with E-state index in [1.165, 1.54) is 0 Å². The summed E-state index contributed by atoms with van der Waals surface area (Å²) in [4.78, 5) is 0. The molecule has 1 radical (unpaired) electrons. The Kier molecular flexibility index (Phi) is 181. The van der Waals surface area contributed by atoms with Crippen molar-refractivity contribution in [2.24, 2.45) is 0 Å². The van der Waals surface area contributed by atoms with Gasteiger partial charge in [0.1, 0.15) is 0 Å². The third kappa shape index (κ3) is 18.1. The maximum absolute atomic E-state index is 0. The molecule has 0 heterocycles. The van der Waals surface area contributed by atoms with Crippen molar-refractivity contribution in [1.29, 1.82) is 0 Å². The van der Waals surface area contributed by atoms with E-state index in [0.717, 1.165) is 0 Å². The van der Waals surface area contributed by atoms with E-state index in [1.807, 2.05) is 0 Å².